The summed E-state index contributed by atoms with van der Waals surface area (Å²) >= 11 is 14.5. The molecule has 3 aromatic rings. The molecule has 4 rings (SSSR count). The molecule has 0 bridgehead atoms. The second-order valence-electron chi connectivity index (χ2n) is 6.97. The maximum atomic E-state index is 13.0. The van der Waals surface area contributed by atoms with Crippen molar-refractivity contribution in [3.8, 4) is 0 Å². The van der Waals surface area contributed by atoms with Crippen molar-refractivity contribution in [2.45, 2.75) is 9.10 Å². The van der Waals surface area contributed by atoms with E-state index in [1.165, 1.54) is 30.3 Å². The van der Waals surface area contributed by atoms with Gasteiger partial charge in [-0.15, -0.1) is 11.3 Å². The molecule has 2 aromatic carbocycles. The molecule has 0 radical (unpaired) electrons. The Morgan fingerprint density at radius 3 is 2.42 bits per heavy atom. The first-order valence-corrected chi connectivity index (χ1v) is 13.6. The smallest absolute Gasteiger partial charge is 0.271 e. The Balaban J connectivity index is 1.48. The van der Waals surface area contributed by atoms with Crippen LogP contribution in [0.5, 0.6) is 0 Å². The number of sulfonamides is 1. The molecule has 0 saturated carbocycles. The normalized spacial score (nSPS) is 14.7. The van der Waals surface area contributed by atoms with Crippen molar-refractivity contribution < 1.29 is 17.9 Å². The zero-order valence-electron chi connectivity index (χ0n) is 17.1. The third-order valence-electron chi connectivity index (χ3n) is 4.60. The van der Waals surface area contributed by atoms with Gasteiger partial charge in [0.2, 0.25) is 0 Å². The second kappa shape index (κ2) is 10.6. The van der Waals surface area contributed by atoms with Crippen LogP contribution in [0.1, 0.15) is 10.4 Å². The van der Waals surface area contributed by atoms with Crippen molar-refractivity contribution in [1.29, 1.82) is 0 Å². The molecule has 0 aliphatic carbocycles. The van der Waals surface area contributed by atoms with Crippen LogP contribution >= 0.6 is 46.5 Å². The van der Waals surface area contributed by atoms with Gasteiger partial charge in [-0.05, 0) is 66.5 Å². The Morgan fingerprint density at radius 2 is 1.76 bits per heavy atom. The number of nitrogens with one attached hydrogen (secondary N) is 2. The summed E-state index contributed by atoms with van der Waals surface area (Å²) in [6.45, 7) is 3.14. The molecule has 33 heavy (non-hydrogen) atoms. The Hall–Kier alpha value is -1.79. The van der Waals surface area contributed by atoms with Gasteiger partial charge in [0.15, 0.2) is 0 Å². The minimum Gasteiger partial charge on any atom is -0.379 e. The summed E-state index contributed by atoms with van der Waals surface area (Å²) in [5.74, 6) is -0.493. The first kappa shape index (κ1) is 24.3. The van der Waals surface area contributed by atoms with E-state index in [2.05, 4.69) is 14.3 Å². The minimum absolute atomic E-state index is 0.0437. The van der Waals surface area contributed by atoms with Gasteiger partial charge in [0.25, 0.3) is 15.9 Å². The fourth-order valence-corrected chi connectivity index (χ4v) is 6.64. The number of thiophene rings is 1. The largest absolute Gasteiger partial charge is 0.379 e. The quantitative estimate of drug-likeness (QED) is 0.385. The van der Waals surface area contributed by atoms with Gasteiger partial charge >= 0.3 is 0 Å². The highest BCUT2D eigenvalue weighted by Gasteiger charge is 2.21. The summed E-state index contributed by atoms with van der Waals surface area (Å²) in [7, 11) is -3.91. The van der Waals surface area contributed by atoms with E-state index >= 15 is 0 Å². The van der Waals surface area contributed by atoms with E-state index in [1.54, 1.807) is 24.1 Å². The molecular weight excluding hydrogens is 525 g/mol. The van der Waals surface area contributed by atoms with E-state index in [0.29, 0.717) is 28.3 Å². The molecule has 1 aliphatic heterocycles. The third kappa shape index (κ3) is 6.42. The van der Waals surface area contributed by atoms with Gasteiger partial charge in [-0.2, -0.15) is 0 Å². The van der Waals surface area contributed by atoms with Gasteiger partial charge in [-0.25, -0.2) is 12.7 Å². The van der Waals surface area contributed by atoms with Crippen LogP contribution in [0.15, 0.2) is 63.7 Å². The molecule has 0 unspecified atom stereocenters. The van der Waals surface area contributed by atoms with Crippen molar-refractivity contribution >= 4 is 73.8 Å². The van der Waals surface area contributed by atoms with E-state index in [4.69, 9.17) is 27.9 Å². The molecule has 0 spiro atoms. The maximum Gasteiger partial charge on any atom is 0.271 e. The molecular formula is C21H19Cl2N3O4S3. The van der Waals surface area contributed by atoms with Gasteiger partial charge in [-0.1, -0.05) is 23.2 Å². The molecule has 2 heterocycles. The summed E-state index contributed by atoms with van der Waals surface area (Å²) in [6.07, 6.45) is 0. The van der Waals surface area contributed by atoms with Gasteiger partial charge in [-0.3, -0.25) is 9.52 Å². The van der Waals surface area contributed by atoms with E-state index in [-0.39, 0.29) is 15.5 Å². The monoisotopic (exact) mass is 543 g/mol. The zero-order valence-corrected chi connectivity index (χ0v) is 21.0. The Kier molecular flexibility index (Phi) is 7.85. The van der Waals surface area contributed by atoms with Crippen LogP contribution in [0.2, 0.25) is 9.36 Å². The highest BCUT2D eigenvalue weighted by atomic mass is 35.5. The van der Waals surface area contributed by atoms with Crippen LogP contribution in [-0.4, -0.2) is 44.9 Å². The number of ether oxygens (including phenoxy) is 1. The first-order valence-electron chi connectivity index (χ1n) is 9.80. The number of nitrogens with zero attached hydrogens (tertiary/aromatic N) is 1. The standard InChI is InChI=1S/C21H19Cl2N3O4S3/c22-14-1-6-18(25-33(28,29)20-8-7-19(23)31-20)17(13-14)21(27)24-15-2-4-16(5-3-15)32-26-9-11-30-12-10-26/h1-8,13,25H,9-12H2,(H,24,27). The predicted octanol–water partition coefficient (Wildman–Crippen LogP) is 5.45. The van der Waals surface area contributed by atoms with E-state index < -0.39 is 15.9 Å². The SMILES string of the molecule is O=C(Nc1ccc(SN2CCOCC2)cc1)c1cc(Cl)ccc1NS(=O)(=O)c1ccc(Cl)s1. The Labute approximate surface area is 210 Å². The lowest BCUT2D eigenvalue weighted by molar-refractivity contribution is 0.0773. The summed E-state index contributed by atoms with van der Waals surface area (Å²) in [5, 5.41) is 3.10. The Morgan fingerprint density at radius 1 is 1.03 bits per heavy atom. The van der Waals surface area contributed by atoms with Gasteiger partial charge in [0, 0.05) is 28.7 Å². The van der Waals surface area contributed by atoms with E-state index in [9.17, 15) is 13.2 Å². The average Bonchev–Trinajstić information content (AvgIpc) is 3.24. The molecule has 1 aliphatic rings. The number of halogens is 2. The van der Waals surface area contributed by atoms with Crippen molar-refractivity contribution in [3.05, 3.63) is 69.5 Å². The topological polar surface area (TPSA) is 87.7 Å². The summed E-state index contributed by atoms with van der Waals surface area (Å²) in [6, 6.07) is 14.7. The number of rotatable bonds is 7. The van der Waals surface area contributed by atoms with Crippen LogP contribution in [0, 0.1) is 0 Å². The number of carbonyl (C=O) groups is 1. The second-order valence-corrected chi connectivity index (χ2v) is 12.2. The fraction of sp³-hybridized carbons (Fsp3) is 0.190. The van der Waals surface area contributed by atoms with Gasteiger partial charge in [0.1, 0.15) is 4.21 Å². The summed E-state index contributed by atoms with van der Waals surface area (Å²) in [4.78, 5) is 14.0. The van der Waals surface area contributed by atoms with Crippen LogP contribution in [0.4, 0.5) is 11.4 Å². The minimum atomic E-state index is -3.91. The highest BCUT2D eigenvalue weighted by molar-refractivity contribution is 7.97. The average molecular weight is 545 g/mol. The number of hydrogen-bond donors (Lipinski definition) is 2. The molecule has 1 fully saturated rings. The lowest BCUT2D eigenvalue weighted by atomic mass is 10.1. The number of morpholine rings is 1. The maximum absolute atomic E-state index is 13.0. The van der Waals surface area contributed by atoms with Gasteiger partial charge in [0.05, 0.1) is 28.8 Å². The van der Waals surface area contributed by atoms with Crippen LogP contribution in [0.25, 0.3) is 0 Å². The molecule has 12 heteroatoms. The molecule has 174 valence electrons. The summed E-state index contributed by atoms with van der Waals surface area (Å²) in [5.41, 5.74) is 0.784. The molecule has 1 aromatic heterocycles. The number of anilines is 2. The number of amides is 1. The molecule has 2 N–H and O–H groups in total. The van der Waals surface area contributed by atoms with Crippen LogP contribution in [0.3, 0.4) is 0 Å². The van der Waals surface area contributed by atoms with Crippen molar-refractivity contribution in [3.63, 3.8) is 0 Å². The Bertz CT molecular complexity index is 1240. The number of hydrogen-bond acceptors (Lipinski definition) is 7. The van der Waals surface area contributed by atoms with Crippen LogP contribution in [-0.2, 0) is 14.8 Å². The van der Waals surface area contributed by atoms with Crippen molar-refractivity contribution in [2.75, 3.05) is 36.3 Å². The lowest BCUT2D eigenvalue weighted by Crippen LogP contribution is -2.30. The summed E-state index contributed by atoms with van der Waals surface area (Å²) < 4.78 is 35.8. The molecule has 7 nitrogen and oxygen atoms in total. The molecule has 1 amide bonds. The predicted molar refractivity (Wildman–Crippen MR) is 134 cm³/mol. The van der Waals surface area contributed by atoms with Gasteiger partial charge < -0.3 is 10.1 Å². The third-order valence-corrected chi connectivity index (χ3v) is 9.03. The lowest BCUT2D eigenvalue weighted by Gasteiger charge is -2.25. The molecule has 1 saturated heterocycles. The van der Waals surface area contributed by atoms with E-state index in [0.717, 1.165) is 29.3 Å². The molecule has 0 atom stereocenters. The van der Waals surface area contributed by atoms with Crippen molar-refractivity contribution in [1.82, 2.24) is 4.31 Å². The van der Waals surface area contributed by atoms with Crippen molar-refractivity contribution in [2.24, 2.45) is 0 Å². The number of carbonyl (C=O) groups excluding carboxylic acids is 1. The van der Waals surface area contributed by atoms with Crippen LogP contribution < -0.4 is 10.0 Å². The highest BCUT2D eigenvalue weighted by Crippen LogP contribution is 2.30. The fourth-order valence-electron chi connectivity index (χ4n) is 3.02. The first-order chi connectivity index (χ1) is 15.8. The zero-order chi connectivity index (χ0) is 23.4. The number of benzene rings is 2. The van der Waals surface area contributed by atoms with E-state index in [1.807, 2.05) is 12.1 Å².